The van der Waals surface area contributed by atoms with Crippen LogP contribution in [0.15, 0.2) is 48.4 Å². The van der Waals surface area contributed by atoms with E-state index in [1.165, 1.54) is 5.70 Å². The minimum absolute atomic E-state index is 0.142. The van der Waals surface area contributed by atoms with Crippen LogP contribution in [0.5, 0.6) is 0 Å². The number of allylic oxidation sites excluding steroid dienone is 4. The van der Waals surface area contributed by atoms with Crippen LogP contribution in [-0.2, 0) is 0 Å². The zero-order valence-corrected chi connectivity index (χ0v) is 6.70. The summed E-state index contributed by atoms with van der Waals surface area (Å²) in [6.07, 6.45) is 15.0. The van der Waals surface area contributed by atoms with Crippen molar-refractivity contribution in [2.75, 3.05) is 6.54 Å². The van der Waals surface area contributed by atoms with Crippen molar-refractivity contribution in [2.24, 2.45) is 5.41 Å². The van der Waals surface area contributed by atoms with Crippen molar-refractivity contribution >= 4 is 0 Å². The molecule has 2 bridgehead atoms. The molecule has 0 amide bonds. The normalized spacial score (nSPS) is 34.7. The maximum absolute atomic E-state index is 3.34. The maximum Gasteiger partial charge on any atom is 0.0679 e. The highest BCUT2D eigenvalue weighted by Gasteiger charge is 2.39. The Kier molecular flexibility index (Phi) is 0.933. The highest BCUT2D eigenvalue weighted by Crippen LogP contribution is 2.40. The molecule has 0 saturated carbocycles. The maximum atomic E-state index is 3.34. The van der Waals surface area contributed by atoms with E-state index in [0.29, 0.717) is 0 Å². The van der Waals surface area contributed by atoms with Gasteiger partial charge in [-0.3, -0.25) is 5.01 Å². The van der Waals surface area contributed by atoms with Gasteiger partial charge in [0.25, 0.3) is 0 Å². The monoisotopic (exact) mass is 158 g/mol. The van der Waals surface area contributed by atoms with Gasteiger partial charge in [-0.05, 0) is 12.2 Å². The average molecular weight is 158 g/mol. The van der Waals surface area contributed by atoms with E-state index in [-0.39, 0.29) is 5.41 Å². The highest BCUT2D eigenvalue weighted by molar-refractivity contribution is 5.42. The molecule has 1 fully saturated rings. The van der Waals surface area contributed by atoms with E-state index in [4.69, 9.17) is 0 Å². The zero-order chi connectivity index (χ0) is 8.02. The molecule has 2 aliphatic heterocycles. The lowest BCUT2D eigenvalue weighted by atomic mass is 9.88. The van der Waals surface area contributed by atoms with Gasteiger partial charge in [0.1, 0.15) is 0 Å². The van der Waals surface area contributed by atoms with Crippen molar-refractivity contribution in [3.63, 3.8) is 0 Å². The summed E-state index contributed by atoms with van der Waals surface area (Å²) >= 11 is 0. The highest BCUT2D eigenvalue weighted by atomic mass is 15.5. The molecular weight excluding hydrogens is 148 g/mol. The van der Waals surface area contributed by atoms with Gasteiger partial charge in [0.15, 0.2) is 0 Å². The molecule has 1 saturated heterocycles. The third kappa shape index (κ3) is 0.600. The van der Waals surface area contributed by atoms with Crippen LogP contribution in [0.25, 0.3) is 0 Å². The quantitative estimate of drug-likeness (QED) is 0.572. The summed E-state index contributed by atoms with van der Waals surface area (Å²) in [5.41, 5.74) is 4.78. The SMILES string of the molecule is C1=CN2C[C@@]3(C=C1)C=CC=C3N2. The molecule has 3 rings (SSSR count). The molecule has 2 nitrogen and oxygen atoms in total. The largest absolute Gasteiger partial charge is 0.302 e. The van der Waals surface area contributed by atoms with Crippen LogP contribution >= 0.6 is 0 Å². The number of fused-ring (bicyclic) bond motifs is 1. The lowest BCUT2D eigenvalue weighted by Gasteiger charge is -2.15. The van der Waals surface area contributed by atoms with Gasteiger partial charge in [-0.2, -0.15) is 0 Å². The molecule has 2 heterocycles. The summed E-state index contributed by atoms with van der Waals surface area (Å²) in [5.74, 6) is 0. The van der Waals surface area contributed by atoms with E-state index in [1.807, 2.05) is 0 Å². The first-order valence-corrected chi connectivity index (χ1v) is 4.18. The van der Waals surface area contributed by atoms with Crippen LogP contribution < -0.4 is 5.43 Å². The molecule has 0 aromatic rings. The van der Waals surface area contributed by atoms with Crippen molar-refractivity contribution in [1.29, 1.82) is 0 Å². The Hall–Kier alpha value is -1.44. The lowest BCUT2D eigenvalue weighted by Crippen LogP contribution is -2.24. The van der Waals surface area contributed by atoms with Gasteiger partial charge < -0.3 is 5.43 Å². The number of hydrogen-bond donors (Lipinski definition) is 1. The summed E-state index contributed by atoms with van der Waals surface area (Å²) in [4.78, 5) is 0. The summed E-state index contributed by atoms with van der Waals surface area (Å²) in [7, 11) is 0. The van der Waals surface area contributed by atoms with E-state index in [2.05, 4.69) is 53.1 Å². The van der Waals surface area contributed by atoms with E-state index in [1.54, 1.807) is 0 Å². The Morgan fingerprint density at radius 3 is 3.17 bits per heavy atom. The van der Waals surface area contributed by atoms with Gasteiger partial charge in [-0.25, -0.2) is 0 Å². The van der Waals surface area contributed by atoms with Gasteiger partial charge >= 0.3 is 0 Å². The first-order valence-electron chi connectivity index (χ1n) is 4.18. The lowest BCUT2D eigenvalue weighted by molar-refractivity contribution is 0.354. The molecule has 1 atom stereocenters. The summed E-state index contributed by atoms with van der Waals surface area (Å²) in [6, 6.07) is 0. The molecule has 1 N–H and O–H groups in total. The Morgan fingerprint density at radius 1 is 1.25 bits per heavy atom. The predicted octanol–water partition coefficient (Wildman–Crippen LogP) is 1.33. The van der Waals surface area contributed by atoms with E-state index in [9.17, 15) is 0 Å². The number of nitrogens with one attached hydrogen (secondary N) is 1. The zero-order valence-electron chi connectivity index (χ0n) is 6.70. The second-order valence-electron chi connectivity index (χ2n) is 3.42. The Labute approximate surface area is 71.5 Å². The molecule has 0 unspecified atom stereocenters. The van der Waals surface area contributed by atoms with Crippen LogP contribution in [0, 0.1) is 5.41 Å². The molecule has 1 spiro atoms. The molecular formula is C10H10N2. The first-order chi connectivity index (χ1) is 5.89. The molecule has 60 valence electrons. The second-order valence-corrected chi connectivity index (χ2v) is 3.42. The molecule has 0 aromatic carbocycles. The van der Waals surface area contributed by atoms with E-state index < -0.39 is 0 Å². The number of hydrazine groups is 1. The fourth-order valence-corrected chi connectivity index (χ4v) is 1.99. The number of nitrogens with zero attached hydrogens (tertiary/aromatic N) is 1. The minimum Gasteiger partial charge on any atom is -0.302 e. The van der Waals surface area contributed by atoms with Crippen molar-refractivity contribution < 1.29 is 0 Å². The van der Waals surface area contributed by atoms with Crippen LogP contribution in [0.4, 0.5) is 0 Å². The van der Waals surface area contributed by atoms with Gasteiger partial charge in [0, 0.05) is 11.9 Å². The summed E-state index contributed by atoms with van der Waals surface area (Å²) in [6.45, 7) is 1.02. The van der Waals surface area contributed by atoms with E-state index in [0.717, 1.165) is 6.54 Å². The van der Waals surface area contributed by atoms with Gasteiger partial charge in [-0.15, -0.1) is 0 Å². The van der Waals surface area contributed by atoms with Crippen LogP contribution in [0.2, 0.25) is 0 Å². The molecule has 2 heteroatoms. The van der Waals surface area contributed by atoms with Crippen LogP contribution in [0.3, 0.4) is 0 Å². The van der Waals surface area contributed by atoms with Gasteiger partial charge in [0.05, 0.1) is 12.0 Å². The molecule has 3 aliphatic rings. The van der Waals surface area contributed by atoms with E-state index >= 15 is 0 Å². The Balaban J connectivity index is 2.15. The fourth-order valence-electron chi connectivity index (χ4n) is 1.99. The van der Waals surface area contributed by atoms with Crippen molar-refractivity contribution in [3.05, 3.63) is 48.4 Å². The van der Waals surface area contributed by atoms with Crippen LogP contribution in [0.1, 0.15) is 0 Å². The van der Waals surface area contributed by atoms with Crippen molar-refractivity contribution in [3.8, 4) is 0 Å². The van der Waals surface area contributed by atoms with Crippen LogP contribution in [-0.4, -0.2) is 11.6 Å². The minimum atomic E-state index is 0.142. The molecule has 12 heavy (non-hydrogen) atoms. The molecule has 0 aromatic heterocycles. The summed E-state index contributed by atoms with van der Waals surface area (Å²) < 4.78 is 0. The second kappa shape index (κ2) is 1.83. The van der Waals surface area contributed by atoms with Crippen molar-refractivity contribution in [2.45, 2.75) is 0 Å². The van der Waals surface area contributed by atoms with Crippen molar-refractivity contribution in [1.82, 2.24) is 10.4 Å². The summed E-state index contributed by atoms with van der Waals surface area (Å²) in [5, 5.41) is 2.12. The molecule has 1 aliphatic carbocycles. The Bertz CT molecular complexity index is 336. The first kappa shape index (κ1) is 6.12. The van der Waals surface area contributed by atoms with Gasteiger partial charge in [0.2, 0.25) is 0 Å². The third-order valence-corrected chi connectivity index (χ3v) is 2.62. The topological polar surface area (TPSA) is 15.3 Å². The fraction of sp³-hybridized carbons (Fsp3) is 0.200. The molecule has 0 radical (unpaired) electrons. The Morgan fingerprint density at radius 2 is 2.17 bits per heavy atom. The third-order valence-electron chi connectivity index (χ3n) is 2.62. The average Bonchev–Trinajstić information content (AvgIpc) is 2.39. The number of hydrogen-bond acceptors (Lipinski definition) is 2. The standard InChI is InChI=1S/C10H10N2/c1-2-7-12-8-10(5-1)6-3-4-9(10)11-12/h1-7,11H,8H2/t10-/m1/s1. The smallest absolute Gasteiger partial charge is 0.0679 e. The number of rotatable bonds is 0. The predicted molar refractivity (Wildman–Crippen MR) is 47.8 cm³/mol. The van der Waals surface area contributed by atoms with Gasteiger partial charge in [-0.1, -0.05) is 24.3 Å².